The smallest absolute Gasteiger partial charge is 0.254 e. The number of benzene rings is 1. The van der Waals surface area contributed by atoms with Crippen LogP contribution in [-0.4, -0.2) is 28.9 Å². The van der Waals surface area contributed by atoms with Gasteiger partial charge in [-0.15, -0.1) is 0 Å². The first-order valence-corrected chi connectivity index (χ1v) is 7.35. The number of hydrogen-bond acceptors (Lipinski definition) is 2. The zero-order valence-electron chi connectivity index (χ0n) is 13.0. The van der Waals surface area contributed by atoms with Gasteiger partial charge in [0.25, 0.3) is 5.91 Å². The molecule has 0 heterocycles. The van der Waals surface area contributed by atoms with Crippen molar-refractivity contribution in [2.45, 2.75) is 34.6 Å². The van der Waals surface area contributed by atoms with Gasteiger partial charge in [0.05, 0.1) is 4.99 Å². The number of rotatable bonds is 5. The molecule has 2 N–H and O–H groups in total. The standard InChI is InChI=1S/C16H24N2OS/c1-6-18(9-13(5)15(17)20)16(19)14-11(3)7-10(2)8-12(14)4/h7-8,13H,6,9H2,1-5H3,(H2,17,20). The summed E-state index contributed by atoms with van der Waals surface area (Å²) in [6.07, 6.45) is 0. The highest BCUT2D eigenvalue weighted by molar-refractivity contribution is 7.80. The van der Waals surface area contributed by atoms with Crippen molar-refractivity contribution in [3.05, 3.63) is 34.4 Å². The Bertz CT molecular complexity index is 502. The predicted molar refractivity (Wildman–Crippen MR) is 88.2 cm³/mol. The van der Waals surface area contributed by atoms with Crippen molar-refractivity contribution < 1.29 is 4.79 Å². The Hall–Kier alpha value is -1.42. The van der Waals surface area contributed by atoms with E-state index in [1.807, 2.05) is 51.7 Å². The van der Waals surface area contributed by atoms with Crippen LogP contribution in [0.4, 0.5) is 0 Å². The first-order valence-electron chi connectivity index (χ1n) is 6.94. The van der Waals surface area contributed by atoms with E-state index in [4.69, 9.17) is 18.0 Å². The van der Waals surface area contributed by atoms with E-state index in [0.29, 0.717) is 18.1 Å². The Morgan fingerprint density at radius 3 is 2.20 bits per heavy atom. The molecule has 1 aromatic carbocycles. The molecule has 1 unspecified atom stereocenters. The maximum absolute atomic E-state index is 12.7. The molecule has 0 bridgehead atoms. The lowest BCUT2D eigenvalue weighted by Crippen LogP contribution is -2.38. The van der Waals surface area contributed by atoms with Crippen LogP contribution in [0.1, 0.15) is 40.9 Å². The number of hydrogen-bond donors (Lipinski definition) is 1. The van der Waals surface area contributed by atoms with Crippen LogP contribution in [0.3, 0.4) is 0 Å². The van der Waals surface area contributed by atoms with Crippen LogP contribution in [0.25, 0.3) is 0 Å². The number of nitrogens with two attached hydrogens (primary N) is 1. The topological polar surface area (TPSA) is 46.3 Å². The van der Waals surface area contributed by atoms with Gasteiger partial charge in [-0.1, -0.05) is 36.8 Å². The van der Waals surface area contributed by atoms with Gasteiger partial charge < -0.3 is 10.6 Å². The van der Waals surface area contributed by atoms with E-state index in [0.717, 1.165) is 16.7 Å². The normalized spacial score (nSPS) is 12.1. The molecule has 0 aromatic heterocycles. The van der Waals surface area contributed by atoms with Crippen LogP contribution in [0, 0.1) is 26.7 Å². The zero-order chi connectivity index (χ0) is 15.4. The third-order valence-electron chi connectivity index (χ3n) is 3.54. The molecule has 0 radical (unpaired) electrons. The van der Waals surface area contributed by atoms with Crippen LogP contribution in [0.5, 0.6) is 0 Å². The lowest BCUT2D eigenvalue weighted by molar-refractivity contribution is 0.0753. The average molecular weight is 292 g/mol. The molecule has 0 aliphatic rings. The molecule has 0 saturated heterocycles. The predicted octanol–water partition coefficient (Wildman–Crippen LogP) is 3.00. The molecule has 4 heteroatoms. The van der Waals surface area contributed by atoms with Gasteiger partial charge in [-0.05, 0) is 38.8 Å². The van der Waals surface area contributed by atoms with Crippen LogP contribution < -0.4 is 5.73 Å². The van der Waals surface area contributed by atoms with Gasteiger partial charge in [-0.3, -0.25) is 4.79 Å². The minimum Gasteiger partial charge on any atom is -0.393 e. The Morgan fingerprint density at radius 1 is 1.30 bits per heavy atom. The highest BCUT2D eigenvalue weighted by Gasteiger charge is 2.21. The van der Waals surface area contributed by atoms with E-state index in [1.54, 1.807) is 0 Å². The second-order valence-corrected chi connectivity index (χ2v) is 5.89. The lowest BCUT2D eigenvalue weighted by atomic mass is 9.98. The molecule has 0 fully saturated rings. The zero-order valence-corrected chi connectivity index (χ0v) is 13.8. The van der Waals surface area contributed by atoms with E-state index < -0.39 is 0 Å². The van der Waals surface area contributed by atoms with E-state index in [1.165, 1.54) is 5.56 Å². The number of carbonyl (C=O) groups excluding carboxylic acids is 1. The Balaban J connectivity index is 3.06. The third kappa shape index (κ3) is 3.79. The molecule has 0 aliphatic carbocycles. The molecule has 1 atom stereocenters. The van der Waals surface area contributed by atoms with Crippen LogP contribution >= 0.6 is 12.2 Å². The molecule has 0 saturated carbocycles. The van der Waals surface area contributed by atoms with Gasteiger partial charge in [0.1, 0.15) is 0 Å². The SMILES string of the molecule is CCN(CC(C)C(N)=S)C(=O)c1c(C)cc(C)cc1C. The van der Waals surface area contributed by atoms with Crippen molar-refractivity contribution in [3.63, 3.8) is 0 Å². The van der Waals surface area contributed by atoms with E-state index in [2.05, 4.69) is 0 Å². The van der Waals surface area contributed by atoms with E-state index >= 15 is 0 Å². The van der Waals surface area contributed by atoms with Crippen LogP contribution in [0.15, 0.2) is 12.1 Å². The van der Waals surface area contributed by atoms with Gasteiger partial charge in [-0.25, -0.2) is 0 Å². The summed E-state index contributed by atoms with van der Waals surface area (Å²) in [4.78, 5) is 15.0. The summed E-state index contributed by atoms with van der Waals surface area (Å²) in [5.74, 6) is 0.0885. The van der Waals surface area contributed by atoms with Crippen LogP contribution in [-0.2, 0) is 0 Å². The molecular weight excluding hydrogens is 268 g/mol. The summed E-state index contributed by atoms with van der Waals surface area (Å²) in [5.41, 5.74) is 9.67. The van der Waals surface area contributed by atoms with E-state index in [-0.39, 0.29) is 11.8 Å². The minimum atomic E-state index is 0.0277. The third-order valence-corrected chi connectivity index (χ3v) is 3.94. The van der Waals surface area contributed by atoms with E-state index in [9.17, 15) is 4.79 Å². The molecule has 0 aliphatic heterocycles. The lowest BCUT2D eigenvalue weighted by Gasteiger charge is -2.26. The molecule has 3 nitrogen and oxygen atoms in total. The quantitative estimate of drug-likeness (QED) is 0.849. The molecule has 0 spiro atoms. The number of amides is 1. The van der Waals surface area contributed by atoms with Crippen LogP contribution in [0.2, 0.25) is 0 Å². The maximum atomic E-state index is 12.7. The fourth-order valence-corrected chi connectivity index (χ4v) is 2.53. The van der Waals surface area contributed by atoms with Gasteiger partial charge in [-0.2, -0.15) is 0 Å². The van der Waals surface area contributed by atoms with Gasteiger partial charge in [0.15, 0.2) is 0 Å². The molecular formula is C16H24N2OS. The fraction of sp³-hybridized carbons (Fsp3) is 0.500. The summed E-state index contributed by atoms with van der Waals surface area (Å²) in [5, 5.41) is 0. The van der Waals surface area contributed by atoms with Gasteiger partial charge in [0, 0.05) is 24.6 Å². The van der Waals surface area contributed by atoms with Crippen molar-refractivity contribution >= 4 is 23.1 Å². The molecule has 110 valence electrons. The van der Waals surface area contributed by atoms with Gasteiger partial charge in [0.2, 0.25) is 0 Å². The number of carbonyl (C=O) groups is 1. The van der Waals surface area contributed by atoms with Crippen molar-refractivity contribution in [2.75, 3.05) is 13.1 Å². The van der Waals surface area contributed by atoms with Crippen molar-refractivity contribution in [2.24, 2.45) is 11.7 Å². The van der Waals surface area contributed by atoms with Crippen molar-refractivity contribution in [1.82, 2.24) is 4.90 Å². The Morgan fingerprint density at radius 2 is 1.80 bits per heavy atom. The number of aryl methyl sites for hydroxylation is 3. The molecule has 1 rings (SSSR count). The number of thiocarbonyl (C=S) groups is 1. The first kappa shape index (κ1) is 16.6. The maximum Gasteiger partial charge on any atom is 0.254 e. The summed E-state index contributed by atoms with van der Waals surface area (Å²) in [7, 11) is 0. The molecule has 20 heavy (non-hydrogen) atoms. The summed E-state index contributed by atoms with van der Waals surface area (Å²) < 4.78 is 0. The summed E-state index contributed by atoms with van der Waals surface area (Å²) in [6, 6.07) is 4.09. The Labute approximate surface area is 127 Å². The number of nitrogens with zero attached hydrogens (tertiary/aromatic N) is 1. The monoisotopic (exact) mass is 292 g/mol. The highest BCUT2D eigenvalue weighted by atomic mass is 32.1. The summed E-state index contributed by atoms with van der Waals surface area (Å²) >= 11 is 5.00. The second-order valence-electron chi connectivity index (χ2n) is 5.42. The summed E-state index contributed by atoms with van der Waals surface area (Å²) in [6.45, 7) is 11.2. The van der Waals surface area contributed by atoms with Gasteiger partial charge >= 0.3 is 0 Å². The van der Waals surface area contributed by atoms with Crippen molar-refractivity contribution in [1.29, 1.82) is 0 Å². The fourth-order valence-electron chi connectivity index (χ4n) is 2.45. The second kappa shape index (κ2) is 6.84. The molecule has 1 aromatic rings. The Kier molecular flexibility index (Phi) is 5.69. The largest absolute Gasteiger partial charge is 0.393 e. The average Bonchev–Trinajstić information content (AvgIpc) is 2.33. The highest BCUT2D eigenvalue weighted by Crippen LogP contribution is 2.19. The first-order chi connectivity index (χ1) is 9.27. The van der Waals surface area contributed by atoms with Crippen molar-refractivity contribution in [3.8, 4) is 0 Å². The molecule has 1 amide bonds. The minimum absolute atomic E-state index is 0.0277.